The minimum absolute atomic E-state index is 0.386. The smallest absolute Gasteiger partial charge is 0.252 e. The molecular weight excluding hydrogens is 1500 g/mol. The van der Waals surface area contributed by atoms with E-state index in [0.29, 0.717) is 0 Å². The molecule has 2 aliphatic heterocycles. The third-order valence-corrected chi connectivity index (χ3v) is 28.1. The van der Waals surface area contributed by atoms with E-state index in [-0.39, 0.29) is 6.71 Å². The zero-order valence-electron chi connectivity index (χ0n) is 68.4. The summed E-state index contributed by atoms with van der Waals surface area (Å²) in [6.07, 6.45) is 0. The zero-order valence-corrected chi connectivity index (χ0v) is 68.4. The van der Waals surface area contributed by atoms with E-state index in [1.54, 1.807) is 0 Å². The molecule has 3 heteroatoms. The molecule has 0 fully saturated rings. The Bertz CT molecular complexity index is 7180. The molecule has 20 aromatic rings. The fourth-order valence-corrected chi connectivity index (χ4v) is 23.1. The van der Waals surface area contributed by atoms with Crippen LogP contribution in [0.5, 0.6) is 0 Å². The molecule has 0 saturated carbocycles. The summed E-state index contributed by atoms with van der Waals surface area (Å²) in [6, 6.07) is 178. The van der Waals surface area contributed by atoms with Crippen LogP contribution in [0.15, 0.2) is 467 Å². The summed E-state index contributed by atoms with van der Waals surface area (Å²) >= 11 is 0. The van der Waals surface area contributed by atoms with Crippen molar-refractivity contribution in [3.63, 3.8) is 0 Å². The largest absolute Gasteiger partial charge is 0.310 e. The van der Waals surface area contributed by atoms with Gasteiger partial charge in [-0.15, -0.1) is 0 Å². The number of nitrogens with zero attached hydrogens (tertiary/aromatic N) is 2. The van der Waals surface area contributed by atoms with E-state index < -0.39 is 10.8 Å². The molecule has 4 aliphatic carbocycles. The van der Waals surface area contributed by atoms with Gasteiger partial charge in [-0.25, -0.2) is 0 Å². The van der Waals surface area contributed by atoms with E-state index in [2.05, 4.69) is 477 Å². The van der Waals surface area contributed by atoms with E-state index >= 15 is 0 Å². The molecule has 2 nitrogen and oxygen atoms in total. The number of hydrogen-bond donors (Lipinski definition) is 0. The topological polar surface area (TPSA) is 6.48 Å². The van der Waals surface area contributed by atoms with Crippen LogP contribution in [0, 0.1) is 0 Å². The van der Waals surface area contributed by atoms with Gasteiger partial charge in [0.25, 0.3) is 6.71 Å². The van der Waals surface area contributed by atoms with Crippen molar-refractivity contribution in [1.82, 2.24) is 0 Å². The van der Waals surface area contributed by atoms with Gasteiger partial charge in [-0.2, -0.15) is 0 Å². The summed E-state index contributed by atoms with van der Waals surface area (Å²) in [5.41, 5.74) is 50.3. The van der Waals surface area contributed by atoms with Crippen molar-refractivity contribution < 1.29 is 0 Å². The normalized spacial score (nSPS) is 13.5. The van der Waals surface area contributed by atoms with E-state index in [1.165, 1.54) is 117 Å². The summed E-state index contributed by atoms with van der Waals surface area (Å²) in [5.74, 6) is 0. The van der Waals surface area contributed by atoms with Crippen LogP contribution in [0.2, 0.25) is 0 Å². The quantitative estimate of drug-likeness (QED) is 0.119. The lowest BCUT2D eigenvalue weighted by molar-refractivity contribution is 0.794. The van der Waals surface area contributed by atoms with Crippen molar-refractivity contribution in [2.75, 3.05) is 9.80 Å². The molecule has 2 heterocycles. The first-order chi connectivity index (χ1) is 62.1. The Morgan fingerprint density at radius 3 is 0.696 bits per heavy atom. The molecule has 0 radical (unpaired) electrons. The molecule has 125 heavy (non-hydrogen) atoms. The first-order valence-electron chi connectivity index (χ1n) is 43.7. The molecule has 6 aliphatic rings. The summed E-state index contributed by atoms with van der Waals surface area (Å²) < 4.78 is 0. The minimum atomic E-state index is -0.557. The van der Waals surface area contributed by atoms with Crippen molar-refractivity contribution in [2.45, 2.75) is 10.8 Å². The van der Waals surface area contributed by atoms with Gasteiger partial charge in [0.15, 0.2) is 0 Å². The number of rotatable bonds is 11. The molecule has 0 aromatic heterocycles. The van der Waals surface area contributed by atoms with Crippen LogP contribution in [-0.2, 0) is 10.8 Å². The molecule has 0 atom stereocenters. The third-order valence-electron chi connectivity index (χ3n) is 28.1. The van der Waals surface area contributed by atoms with E-state index in [9.17, 15) is 0 Å². The van der Waals surface area contributed by atoms with Crippen LogP contribution in [0.25, 0.3) is 145 Å². The molecule has 0 amide bonds. The molecule has 2 spiro atoms. The van der Waals surface area contributed by atoms with Crippen molar-refractivity contribution in [3.05, 3.63) is 512 Å². The van der Waals surface area contributed by atoms with E-state index in [4.69, 9.17) is 0 Å². The number of anilines is 6. The average Bonchev–Trinajstić information content (AvgIpc) is 1.59. The highest BCUT2D eigenvalue weighted by Crippen LogP contribution is 2.67. The second-order valence-corrected chi connectivity index (χ2v) is 34.2. The highest BCUT2D eigenvalue weighted by atomic mass is 15.2. The van der Waals surface area contributed by atoms with Crippen LogP contribution in [0.1, 0.15) is 44.5 Å². The lowest BCUT2D eigenvalue weighted by Crippen LogP contribution is -2.61. The molecule has 20 aromatic carbocycles. The first kappa shape index (κ1) is 70.9. The van der Waals surface area contributed by atoms with Gasteiger partial charge >= 0.3 is 0 Å². The Balaban J connectivity index is 0.824. The van der Waals surface area contributed by atoms with Crippen LogP contribution >= 0.6 is 0 Å². The molecule has 26 rings (SSSR count). The molecule has 578 valence electrons. The maximum atomic E-state index is 2.73. The van der Waals surface area contributed by atoms with E-state index in [0.717, 1.165) is 123 Å². The molecule has 0 saturated heterocycles. The van der Waals surface area contributed by atoms with Crippen molar-refractivity contribution >= 4 is 57.2 Å². The van der Waals surface area contributed by atoms with Gasteiger partial charge in [-0.3, -0.25) is 0 Å². The lowest BCUT2D eigenvalue weighted by atomic mass is 9.33. The van der Waals surface area contributed by atoms with Gasteiger partial charge < -0.3 is 9.80 Å². The summed E-state index contributed by atoms with van der Waals surface area (Å²) in [5, 5.41) is 0. The Hall–Kier alpha value is -15.9. The summed E-state index contributed by atoms with van der Waals surface area (Å²) in [7, 11) is 0. The van der Waals surface area contributed by atoms with Gasteiger partial charge in [0.05, 0.1) is 22.2 Å². The van der Waals surface area contributed by atoms with Gasteiger partial charge in [-0.1, -0.05) is 419 Å². The number of fused-ring (bicyclic) bond motifs is 24. The fourth-order valence-electron chi connectivity index (χ4n) is 23.1. The molecule has 0 bridgehead atoms. The maximum absolute atomic E-state index is 2.73. The standard InChI is InChI=1S/C122H77BN2/c1-8-36-78(37-9-1)87-70-98(81-42-14-4-15-43-81)119(99(71-87)82-44-16-5-17-45-82)124-112-68-66-85(90-56-34-64-108-116(90)96-54-26-32-62-106(96)121(108)102-58-28-22-50-92(102)93-51-23-29-59-103(93)121)74-110(112)123-111-75-86(91-57-35-65-109-117(91)97-55-27-33-63-107(97)122(109)104-60-30-24-52-94(104)95-53-25-31-61-105(95)122)67-69-113(111)125(115-77-89(76-114(124)118(115)123)80-40-12-3-13-41-80)120-100(83-46-18-6-19-47-83)72-88(79-38-10-2-11-39-79)73-101(120)84-48-20-7-21-49-84/h1-77H. The summed E-state index contributed by atoms with van der Waals surface area (Å²) in [4.78, 5) is 5.46. The fraction of sp³-hybridized carbons (Fsp3) is 0.0164. The van der Waals surface area contributed by atoms with Gasteiger partial charge in [0.1, 0.15) is 0 Å². The SMILES string of the molecule is c1ccc(-c2cc(-c3ccccc3)c(N3c4ccc(-c5cccc6c5-c5ccccc5C65c6ccccc6-c6ccccc65)cc4B4c5cc(-c6cccc7c6-c6ccccc6C76c7ccccc7-c7ccccc76)ccc5N(c5c(-c6ccccc6)cc(-c6ccccc6)cc5-c5ccccc5)c5cc(-c6ccccc6)cc3c54)c(-c3ccccc3)c2)cc1. The minimum Gasteiger partial charge on any atom is -0.310 e. The Morgan fingerprint density at radius 2 is 0.392 bits per heavy atom. The third kappa shape index (κ3) is 10.3. The second kappa shape index (κ2) is 27.8. The lowest BCUT2D eigenvalue weighted by Gasteiger charge is -2.46. The van der Waals surface area contributed by atoms with Crippen LogP contribution < -0.4 is 26.2 Å². The average molecular weight is 1580 g/mol. The highest BCUT2D eigenvalue weighted by molar-refractivity contribution is 7.00. The van der Waals surface area contributed by atoms with Crippen molar-refractivity contribution in [1.29, 1.82) is 0 Å². The summed E-state index contributed by atoms with van der Waals surface area (Å²) in [6.45, 7) is -0.386. The Kier molecular flexibility index (Phi) is 15.8. The first-order valence-corrected chi connectivity index (χ1v) is 43.7. The van der Waals surface area contributed by atoms with Gasteiger partial charge in [-0.05, 0) is 232 Å². The number of benzene rings is 20. The molecule has 0 unspecified atom stereocenters. The van der Waals surface area contributed by atoms with Crippen LogP contribution in [-0.4, -0.2) is 6.71 Å². The number of hydrogen-bond acceptors (Lipinski definition) is 2. The van der Waals surface area contributed by atoms with Crippen LogP contribution in [0.3, 0.4) is 0 Å². The monoisotopic (exact) mass is 1580 g/mol. The van der Waals surface area contributed by atoms with Gasteiger partial charge in [0, 0.05) is 45.0 Å². The molecular formula is C122H77BN2. The maximum Gasteiger partial charge on any atom is 0.252 e. The van der Waals surface area contributed by atoms with Crippen LogP contribution in [0.4, 0.5) is 34.1 Å². The highest BCUT2D eigenvalue weighted by Gasteiger charge is 2.55. The zero-order chi connectivity index (χ0) is 82.0. The van der Waals surface area contributed by atoms with E-state index in [1.807, 2.05) is 0 Å². The van der Waals surface area contributed by atoms with Crippen molar-refractivity contribution in [2.24, 2.45) is 0 Å². The predicted molar refractivity (Wildman–Crippen MR) is 522 cm³/mol. The Labute approximate surface area is 729 Å². The second-order valence-electron chi connectivity index (χ2n) is 34.2. The van der Waals surface area contributed by atoms with Crippen molar-refractivity contribution in [3.8, 4) is 145 Å². The molecule has 0 N–H and O–H groups in total. The Morgan fingerprint density at radius 1 is 0.152 bits per heavy atom. The van der Waals surface area contributed by atoms with Gasteiger partial charge in [0.2, 0.25) is 0 Å². The predicted octanol–water partition coefficient (Wildman–Crippen LogP) is 29.5.